The predicted octanol–water partition coefficient (Wildman–Crippen LogP) is 3.00. The van der Waals surface area contributed by atoms with Crippen LogP contribution in [0.25, 0.3) is 10.8 Å². The maximum atomic E-state index is 9.41. The van der Waals surface area contributed by atoms with Crippen molar-refractivity contribution in [2.75, 3.05) is 0 Å². The summed E-state index contributed by atoms with van der Waals surface area (Å²) in [5.41, 5.74) is 0. The van der Waals surface area contributed by atoms with Crippen molar-refractivity contribution in [1.29, 1.82) is 0 Å². The van der Waals surface area contributed by atoms with Crippen molar-refractivity contribution in [2.45, 2.75) is 0 Å². The lowest BCUT2D eigenvalue weighted by Crippen LogP contribution is -1.74. The molecule has 0 aliphatic heterocycles. The molecule has 0 atom stereocenters. The van der Waals surface area contributed by atoms with Crippen molar-refractivity contribution < 1.29 is 5.11 Å². The molecule has 0 saturated carbocycles. The Kier molecular flexibility index (Phi) is 1.66. The third-order valence-corrected chi connectivity index (χ3v) is 2.08. The molecule has 0 bridgehead atoms. The number of hydrogen-bond donors (Lipinski definition) is 1. The van der Waals surface area contributed by atoms with Gasteiger partial charge in [-0.15, -0.1) is 0 Å². The number of halogens is 1. The zero-order chi connectivity index (χ0) is 8.55. The van der Waals surface area contributed by atoms with E-state index in [0.717, 1.165) is 5.39 Å². The number of phenols is 1. The van der Waals surface area contributed by atoms with Gasteiger partial charge in [-0.3, -0.25) is 0 Å². The van der Waals surface area contributed by atoms with E-state index in [0.29, 0.717) is 10.4 Å². The molecule has 0 saturated heterocycles. The van der Waals surface area contributed by atoms with Crippen LogP contribution in [-0.4, -0.2) is 5.11 Å². The molecule has 2 aromatic rings. The summed E-state index contributed by atoms with van der Waals surface area (Å²) in [6.07, 6.45) is 0. The summed E-state index contributed by atoms with van der Waals surface area (Å²) >= 11 is 5.88. The minimum absolute atomic E-state index is 0.109. The fourth-order valence-corrected chi connectivity index (χ4v) is 1.48. The Hall–Kier alpha value is -1.21. The van der Waals surface area contributed by atoms with Gasteiger partial charge in [0.05, 0.1) is 5.02 Å². The Morgan fingerprint density at radius 3 is 2.83 bits per heavy atom. The molecule has 2 rings (SSSR count). The maximum absolute atomic E-state index is 9.41. The highest BCUT2D eigenvalue weighted by Gasteiger charge is 2.01. The van der Waals surface area contributed by atoms with Gasteiger partial charge < -0.3 is 5.11 Å². The maximum Gasteiger partial charge on any atom is 0.132 e. The molecule has 0 aliphatic carbocycles. The van der Waals surface area contributed by atoms with E-state index < -0.39 is 0 Å². The summed E-state index contributed by atoms with van der Waals surface area (Å²) in [7, 11) is 0. The average Bonchev–Trinajstić information content (AvgIpc) is 2.04. The van der Waals surface area contributed by atoms with E-state index in [2.05, 4.69) is 6.07 Å². The van der Waals surface area contributed by atoms with E-state index in [4.69, 9.17) is 11.6 Å². The molecule has 0 aromatic heterocycles. The van der Waals surface area contributed by atoms with E-state index in [-0.39, 0.29) is 5.75 Å². The van der Waals surface area contributed by atoms with Crippen LogP contribution in [-0.2, 0) is 0 Å². The second-order valence-electron chi connectivity index (χ2n) is 2.53. The number of hydrogen-bond acceptors (Lipinski definition) is 1. The lowest BCUT2D eigenvalue weighted by Gasteiger charge is -2.00. The van der Waals surface area contributed by atoms with Crippen molar-refractivity contribution >= 4 is 22.4 Å². The molecule has 0 aliphatic rings. The standard InChI is InChI=1S/C10H6ClO/c11-8-5-1-3-7-4-2-6-9(12)10(7)8/h1-5,12H. The number of benzene rings is 2. The zero-order valence-electron chi connectivity index (χ0n) is 6.21. The fourth-order valence-electron chi connectivity index (χ4n) is 1.21. The average molecular weight is 178 g/mol. The van der Waals surface area contributed by atoms with Crippen molar-refractivity contribution in [3.05, 3.63) is 41.4 Å². The number of phenolic OH excluding ortho intramolecular Hbond substituents is 1. The Morgan fingerprint density at radius 1 is 1.25 bits per heavy atom. The SMILES string of the molecule is Oc1[c]ccc2cccc(Cl)c12. The van der Waals surface area contributed by atoms with Gasteiger partial charge in [-0.25, -0.2) is 0 Å². The number of aromatic hydroxyl groups is 1. The topological polar surface area (TPSA) is 20.2 Å². The van der Waals surface area contributed by atoms with E-state index in [1.807, 2.05) is 18.2 Å². The molecule has 0 heterocycles. The summed E-state index contributed by atoms with van der Waals surface area (Å²) in [5.74, 6) is 0.109. The van der Waals surface area contributed by atoms with Crippen LogP contribution in [0.2, 0.25) is 5.02 Å². The summed E-state index contributed by atoms with van der Waals surface area (Å²) in [6.45, 7) is 0. The summed E-state index contributed by atoms with van der Waals surface area (Å²) < 4.78 is 0. The largest absolute Gasteiger partial charge is 0.507 e. The minimum atomic E-state index is 0.109. The number of rotatable bonds is 0. The Balaban J connectivity index is 2.96. The van der Waals surface area contributed by atoms with Gasteiger partial charge in [0.15, 0.2) is 0 Å². The molecule has 12 heavy (non-hydrogen) atoms. The molecule has 2 heteroatoms. The molecule has 0 fully saturated rings. The van der Waals surface area contributed by atoms with E-state index in [1.54, 1.807) is 12.1 Å². The molecular weight excluding hydrogens is 172 g/mol. The van der Waals surface area contributed by atoms with Crippen LogP contribution < -0.4 is 0 Å². The molecule has 59 valence electrons. The van der Waals surface area contributed by atoms with Crippen LogP contribution >= 0.6 is 11.6 Å². The first kappa shape index (κ1) is 7.44. The third kappa shape index (κ3) is 1.03. The van der Waals surface area contributed by atoms with Gasteiger partial charge in [-0.05, 0) is 17.5 Å². The normalized spacial score (nSPS) is 10.4. The third-order valence-electron chi connectivity index (χ3n) is 1.77. The van der Waals surface area contributed by atoms with Crippen molar-refractivity contribution in [2.24, 2.45) is 0 Å². The van der Waals surface area contributed by atoms with Crippen LogP contribution in [0.1, 0.15) is 0 Å². The van der Waals surface area contributed by atoms with Gasteiger partial charge in [-0.2, -0.15) is 0 Å². The van der Waals surface area contributed by atoms with Crippen LogP contribution in [0.4, 0.5) is 0 Å². The quantitative estimate of drug-likeness (QED) is 0.656. The molecule has 1 radical (unpaired) electrons. The molecule has 0 amide bonds. The first-order valence-electron chi connectivity index (χ1n) is 3.57. The molecule has 1 nitrogen and oxygen atoms in total. The molecule has 0 unspecified atom stereocenters. The van der Waals surface area contributed by atoms with E-state index >= 15 is 0 Å². The van der Waals surface area contributed by atoms with Crippen molar-refractivity contribution in [3.8, 4) is 5.75 Å². The van der Waals surface area contributed by atoms with Crippen LogP contribution in [0.5, 0.6) is 5.75 Å². The molecule has 1 N–H and O–H groups in total. The van der Waals surface area contributed by atoms with Gasteiger partial charge in [0.2, 0.25) is 0 Å². The molecule has 2 aromatic carbocycles. The summed E-state index contributed by atoms with van der Waals surface area (Å²) in [6, 6.07) is 11.7. The first-order valence-corrected chi connectivity index (χ1v) is 3.95. The van der Waals surface area contributed by atoms with Gasteiger partial charge >= 0.3 is 0 Å². The Morgan fingerprint density at radius 2 is 2.08 bits per heavy atom. The highest BCUT2D eigenvalue weighted by Crippen LogP contribution is 2.30. The number of fused-ring (bicyclic) bond motifs is 1. The minimum Gasteiger partial charge on any atom is -0.507 e. The van der Waals surface area contributed by atoms with Gasteiger partial charge in [0.25, 0.3) is 0 Å². The highest BCUT2D eigenvalue weighted by atomic mass is 35.5. The Bertz CT molecular complexity index is 386. The lowest BCUT2D eigenvalue weighted by molar-refractivity contribution is 0.480. The van der Waals surface area contributed by atoms with Crippen LogP contribution in [0.15, 0.2) is 30.3 Å². The lowest BCUT2D eigenvalue weighted by atomic mass is 10.1. The van der Waals surface area contributed by atoms with Crippen molar-refractivity contribution in [1.82, 2.24) is 0 Å². The van der Waals surface area contributed by atoms with E-state index in [9.17, 15) is 5.11 Å². The van der Waals surface area contributed by atoms with Gasteiger partial charge in [0.1, 0.15) is 5.75 Å². The summed E-state index contributed by atoms with van der Waals surface area (Å²) in [4.78, 5) is 0. The second kappa shape index (κ2) is 2.68. The molecule has 0 spiro atoms. The van der Waals surface area contributed by atoms with Crippen LogP contribution in [0.3, 0.4) is 0 Å². The van der Waals surface area contributed by atoms with Crippen molar-refractivity contribution in [3.63, 3.8) is 0 Å². The first-order chi connectivity index (χ1) is 5.79. The fraction of sp³-hybridized carbons (Fsp3) is 0. The van der Waals surface area contributed by atoms with Crippen LogP contribution in [0, 0.1) is 6.07 Å². The zero-order valence-corrected chi connectivity index (χ0v) is 6.97. The highest BCUT2D eigenvalue weighted by molar-refractivity contribution is 6.36. The summed E-state index contributed by atoms with van der Waals surface area (Å²) in [5, 5.41) is 11.6. The Labute approximate surface area is 75.2 Å². The smallest absolute Gasteiger partial charge is 0.132 e. The second-order valence-corrected chi connectivity index (χ2v) is 2.94. The predicted molar refractivity (Wildman–Crippen MR) is 49.5 cm³/mol. The van der Waals surface area contributed by atoms with Gasteiger partial charge in [0, 0.05) is 11.5 Å². The van der Waals surface area contributed by atoms with Gasteiger partial charge in [-0.1, -0.05) is 29.8 Å². The monoisotopic (exact) mass is 177 g/mol. The van der Waals surface area contributed by atoms with E-state index in [1.165, 1.54) is 0 Å². The molecular formula is C10H6ClO.